The lowest BCUT2D eigenvalue weighted by Gasteiger charge is -2.27. The minimum Gasteiger partial charge on any atom is -0.396 e. The summed E-state index contributed by atoms with van der Waals surface area (Å²) in [4.78, 5) is 11.9. The van der Waals surface area contributed by atoms with E-state index in [4.69, 9.17) is 5.11 Å². The molecule has 3 aliphatic heterocycles. The third-order valence-corrected chi connectivity index (χ3v) is 9.41. The lowest BCUT2D eigenvalue weighted by molar-refractivity contribution is -0.117. The molecule has 0 saturated carbocycles. The fourth-order valence-electron chi connectivity index (χ4n) is 3.58. The quantitative estimate of drug-likeness (QED) is 0.401. The second-order valence-electron chi connectivity index (χ2n) is 9.30. The standard InChI is InChI=1S/C9H17NO3S.C7H15NO2S.C7H11NO.C2H6/c1-9-3-5-10(6-4-9)14(12,13)8-2-7-11;1-7-3-5-8(6-4-7)11(2,9)10;1-7-2-4-8(6-9)5-3-7;1-2/h3,11H,2,4-8H2,1H3;7H,3-6H2,1-2H3;2,6H,3-5H2,1H3;1-2H3. The van der Waals surface area contributed by atoms with E-state index in [9.17, 15) is 21.6 Å². The molecule has 0 aromatic heterocycles. The summed E-state index contributed by atoms with van der Waals surface area (Å²) in [6.45, 7) is 14.4. The Morgan fingerprint density at radius 1 is 0.917 bits per heavy atom. The average Bonchev–Trinajstić information content (AvgIpc) is 2.85. The largest absolute Gasteiger partial charge is 0.396 e. The third-order valence-electron chi connectivity index (χ3n) is 6.18. The van der Waals surface area contributed by atoms with E-state index in [1.165, 1.54) is 21.7 Å². The van der Waals surface area contributed by atoms with Crippen molar-refractivity contribution in [3.63, 3.8) is 0 Å². The number of piperidine rings is 1. The molecule has 1 N–H and O–H groups in total. The topological polar surface area (TPSA) is 115 Å². The first-order valence-electron chi connectivity index (χ1n) is 12.9. The Hall–Kier alpha value is -1.27. The van der Waals surface area contributed by atoms with Gasteiger partial charge in [-0.3, -0.25) is 4.79 Å². The van der Waals surface area contributed by atoms with Crippen LogP contribution >= 0.6 is 0 Å². The summed E-state index contributed by atoms with van der Waals surface area (Å²) in [6, 6.07) is 0. The minimum absolute atomic E-state index is 0.0520. The van der Waals surface area contributed by atoms with Gasteiger partial charge in [0.15, 0.2) is 0 Å². The van der Waals surface area contributed by atoms with E-state index in [0.717, 1.165) is 45.2 Å². The molecule has 1 amide bonds. The van der Waals surface area contributed by atoms with Crippen LogP contribution in [-0.2, 0) is 24.8 Å². The molecule has 0 aliphatic carbocycles. The van der Waals surface area contributed by atoms with Crippen LogP contribution in [0.2, 0.25) is 0 Å². The van der Waals surface area contributed by atoms with Crippen molar-refractivity contribution >= 4 is 26.5 Å². The first kappa shape index (κ1) is 34.7. The monoisotopic (exact) mass is 551 g/mol. The van der Waals surface area contributed by atoms with Gasteiger partial charge in [0.05, 0.1) is 12.0 Å². The molecule has 0 aromatic rings. The molecule has 3 aliphatic rings. The molecule has 3 heterocycles. The fourth-order valence-corrected chi connectivity index (χ4v) is 5.88. The summed E-state index contributed by atoms with van der Waals surface area (Å²) < 4.78 is 48.4. The molecule has 9 nitrogen and oxygen atoms in total. The molecule has 0 atom stereocenters. The molecule has 0 radical (unpaired) electrons. The van der Waals surface area contributed by atoms with Gasteiger partial charge in [-0.05, 0) is 51.9 Å². The summed E-state index contributed by atoms with van der Waals surface area (Å²) in [7, 11) is -6.06. The molecule has 36 heavy (non-hydrogen) atoms. The van der Waals surface area contributed by atoms with Crippen molar-refractivity contribution in [2.75, 3.05) is 57.9 Å². The fraction of sp³-hybridized carbons (Fsp3) is 0.800. The van der Waals surface area contributed by atoms with Crippen LogP contribution in [0.4, 0.5) is 0 Å². The van der Waals surface area contributed by atoms with E-state index in [0.29, 0.717) is 38.5 Å². The summed E-state index contributed by atoms with van der Waals surface area (Å²) in [5, 5.41) is 8.58. The van der Waals surface area contributed by atoms with Gasteiger partial charge in [-0.1, -0.05) is 44.1 Å². The van der Waals surface area contributed by atoms with Gasteiger partial charge < -0.3 is 10.0 Å². The maximum Gasteiger partial charge on any atom is 0.214 e. The van der Waals surface area contributed by atoms with E-state index in [-0.39, 0.29) is 12.4 Å². The normalized spacial score (nSPS) is 19.8. The maximum absolute atomic E-state index is 11.6. The molecule has 1 saturated heterocycles. The highest BCUT2D eigenvalue weighted by Gasteiger charge is 2.23. The number of carbonyl (C=O) groups excluding carboxylic acids is 1. The lowest BCUT2D eigenvalue weighted by atomic mass is 10.0. The number of carbonyl (C=O) groups is 1. The number of hydrogen-bond acceptors (Lipinski definition) is 6. The van der Waals surface area contributed by atoms with Crippen LogP contribution in [0.25, 0.3) is 0 Å². The smallest absolute Gasteiger partial charge is 0.214 e. The molecule has 0 unspecified atom stereocenters. The van der Waals surface area contributed by atoms with Crippen LogP contribution in [0, 0.1) is 5.92 Å². The summed E-state index contributed by atoms with van der Waals surface area (Å²) in [6.07, 6.45) is 10.4. The summed E-state index contributed by atoms with van der Waals surface area (Å²) in [5.74, 6) is 0.740. The van der Waals surface area contributed by atoms with Crippen molar-refractivity contribution in [1.82, 2.24) is 13.5 Å². The molecule has 11 heteroatoms. The molecule has 212 valence electrons. The highest BCUT2D eigenvalue weighted by molar-refractivity contribution is 7.89. The van der Waals surface area contributed by atoms with Crippen molar-refractivity contribution in [2.45, 2.75) is 66.7 Å². The van der Waals surface area contributed by atoms with Gasteiger partial charge in [0.25, 0.3) is 0 Å². The molecule has 0 bridgehead atoms. The molecular formula is C25H49N3O6S2. The Morgan fingerprint density at radius 2 is 1.44 bits per heavy atom. The van der Waals surface area contributed by atoms with E-state index in [2.05, 4.69) is 19.9 Å². The first-order valence-corrected chi connectivity index (χ1v) is 16.4. The van der Waals surface area contributed by atoms with E-state index >= 15 is 0 Å². The van der Waals surface area contributed by atoms with Crippen LogP contribution in [0.3, 0.4) is 0 Å². The van der Waals surface area contributed by atoms with Gasteiger partial charge in [-0.2, -0.15) is 4.31 Å². The number of aliphatic hydroxyl groups excluding tert-OH is 1. The van der Waals surface area contributed by atoms with Crippen molar-refractivity contribution < 1.29 is 26.7 Å². The number of rotatable bonds is 6. The number of nitrogens with zero attached hydrogens (tertiary/aromatic N) is 3. The van der Waals surface area contributed by atoms with Crippen LogP contribution in [-0.4, -0.2) is 99.7 Å². The van der Waals surface area contributed by atoms with Crippen LogP contribution < -0.4 is 0 Å². The van der Waals surface area contributed by atoms with Gasteiger partial charge in [0, 0.05) is 45.9 Å². The Bertz CT molecular complexity index is 893. The highest BCUT2D eigenvalue weighted by atomic mass is 32.2. The number of aliphatic hydroxyl groups is 1. The zero-order valence-electron chi connectivity index (χ0n) is 23.1. The van der Waals surface area contributed by atoms with E-state index < -0.39 is 20.0 Å². The predicted molar refractivity (Wildman–Crippen MR) is 148 cm³/mol. The van der Waals surface area contributed by atoms with Crippen LogP contribution in [0.5, 0.6) is 0 Å². The van der Waals surface area contributed by atoms with Crippen molar-refractivity contribution in [1.29, 1.82) is 0 Å². The Kier molecular flexibility index (Phi) is 17.4. The maximum atomic E-state index is 11.6. The van der Waals surface area contributed by atoms with Gasteiger partial charge in [0.2, 0.25) is 26.5 Å². The Morgan fingerprint density at radius 3 is 1.83 bits per heavy atom. The number of sulfonamides is 2. The summed E-state index contributed by atoms with van der Waals surface area (Å²) >= 11 is 0. The molecule has 0 spiro atoms. The van der Waals surface area contributed by atoms with Gasteiger partial charge in [0.1, 0.15) is 0 Å². The Balaban J connectivity index is 0.000000504. The van der Waals surface area contributed by atoms with E-state index in [1.54, 1.807) is 9.21 Å². The first-order chi connectivity index (χ1) is 16.9. The van der Waals surface area contributed by atoms with Crippen molar-refractivity contribution in [3.05, 3.63) is 23.3 Å². The van der Waals surface area contributed by atoms with Crippen LogP contribution in [0.1, 0.15) is 66.7 Å². The number of amides is 1. The third kappa shape index (κ3) is 14.5. The van der Waals surface area contributed by atoms with Gasteiger partial charge >= 0.3 is 0 Å². The second kappa shape index (κ2) is 18.1. The predicted octanol–water partition coefficient (Wildman–Crippen LogP) is 2.85. The van der Waals surface area contributed by atoms with Crippen LogP contribution in [0.15, 0.2) is 23.3 Å². The molecule has 1 fully saturated rings. The van der Waals surface area contributed by atoms with Crippen molar-refractivity contribution in [2.24, 2.45) is 5.92 Å². The average molecular weight is 552 g/mol. The minimum atomic E-state index is -3.14. The highest BCUT2D eigenvalue weighted by Crippen LogP contribution is 2.17. The zero-order chi connectivity index (χ0) is 27.8. The van der Waals surface area contributed by atoms with Gasteiger partial charge in [-0.25, -0.2) is 21.1 Å². The Labute approximate surface area is 220 Å². The van der Waals surface area contributed by atoms with Crippen molar-refractivity contribution in [3.8, 4) is 0 Å². The zero-order valence-corrected chi connectivity index (χ0v) is 24.8. The molecule has 3 rings (SSSR count). The SMILES string of the molecule is CC.CC1=CCN(C=O)CC1.CC1=CCN(S(=O)(=O)CCCO)CC1.CC1CCN(S(C)(=O)=O)CC1. The van der Waals surface area contributed by atoms with E-state index in [1.807, 2.05) is 26.8 Å². The van der Waals surface area contributed by atoms with Gasteiger partial charge in [-0.15, -0.1) is 0 Å². The lowest BCUT2D eigenvalue weighted by Crippen LogP contribution is -2.37. The summed E-state index contributed by atoms with van der Waals surface area (Å²) in [5.41, 5.74) is 2.65. The number of hydrogen-bond donors (Lipinski definition) is 1. The molecule has 0 aromatic carbocycles. The second-order valence-corrected chi connectivity index (χ2v) is 13.4. The molecular weight excluding hydrogens is 502 g/mol.